The van der Waals surface area contributed by atoms with Crippen LogP contribution in [-0.4, -0.2) is 33.3 Å². The monoisotopic (exact) mass is 584 g/mol. The Bertz CT molecular complexity index is 1370. The number of halogens is 2. The highest BCUT2D eigenvalue weighted by atomic mass is 32.2. The summed E-state index contributed by atoms with van der Waals surface area (Å²) in [5.74, 6) is -4.42. The van der Waals surface area contributed by atoms with Crippen molar-refractivity contribution < 1.29 is 35.6 Å². The van der Waals surface area contributed by atoms with Crippen molar-refractivity contribution in [2.45, 2.75) is 35.2 Å². The zero-order valence-corrected chi connectivity index (χ0v) is 23.1. The zero-order valence-electron chi connectivity index (χ0n) is 20.5. The SMILES string of the molecule is CCOP(=O)(OCC)C(NC(=O)c1cccc(S(=O)(=O)Nc2ccc(SC(F)F)cc2)c1)c1ccccc1. The van der Waals surface area contributed by atoms with Gasteiger partial charge in [-0.25, -0.2) is 8.42 Å². The molecule has 1 unspecified atom stereocenters. The van der Waals surface area contributed by atoms with Crippen molar-refractivity contribution in [2.75, 3.05) is 17.9 Å². The van der Waals surface area contributed by atoms with Gasteiger partial charge in [0.1, 0.15) is 0 Å². The Morgan fingerprint density at radius 1 is 0.947 bits per heavy atom. The molecule has 3 rings (SSSR count). The Morgan fingerprint density at radius 3 is 2.16 bits per heavy atom. The van der Waals surface area contributed by atoms with Crippen molar-refractivity contribution in [3.63, 3.8) is 0 Å². The van der Waals surface area contributed by atoms with Crippen molar-refractivity contribution in [2.24, 2.45) is 0 Å². The van der Waals surface area contributed by atoms with Gasteiger partial charge >= 0.3 is 7.60 Å². The van der Waals surface area contributed by atoms with Gasteiger partial charge in [0, 0.05) is 16.1 Å². The molecule has 0 saturated carbocycles. The van der Waals surface area contributed by atoms with Crippen molar-refractivity contribution in [1.82, 2.24) is 5.32 Å². The van der Waals surface area contributed by atoms with Gasteiger partial charge in [-0.2, -0.15) is 8.78 Å². The molecule has 13 heteroatoms. The molecule has 0 aliphatic heterocycles. The number of carbonyl (C=O) groups excluding carboxylic acids is 1. The highest BCUT2D eigenvalue weighted by molar-refractivity contribution is 7.99. The molecular formula is C25H27F2N2O6PS2. The Balaban J connectivity index is 1.85. The maximum atomic E-state index is 13.6. The van der Waals surface area contributed by atoms with Crippen molar-refractivity contribution in [3.05, 3.63) is 90.0 Å². The maximum absolute atomic E-state index is 13.6. The fourth-order valence-corrected chi connectivity index (χ4v) is 6.97. The fraction of sp³-hybridized carbons (Fsp3) is 0.240. The number of rotatable bonds is 13. The Hall–Kier alpha value is -2.76. The number of hydrogen-bond acceptors (Lipinski definition) is 7. The van der Waals surface area contributed by atoms with Crippen LogP contribution in [0.15, 0.2) is 88.7 Å². The van der Waals surface area contributed by atoms with E-state index in [2.05, 4.69) is 10.0 Å². The number of alkyl halides is 2. The van der Waals surface area contributed by atoms with E-state index in [9.17, 15) is 26.6 Å². The highest BCUT2D eigenvalue weighted by Crippen LogP contribution is 2.59. The van der Waals surface area contributed by atoms with Crippen LogP contribution in [0.4, 0.5) is 14.5 Å². The Labute approximate surface area is 224 Å². The fourth-order valence-electron chi connectivity index (χ4n) is 3.46. The summed E-state index contributed by atoms with van der Waals surface area (Å²) in [6.45, 7) is 3.47. The van der Waals surface area contributed by atoms with Gasteiger partial charge in [-0.3, -0.25) is 14.1 Å². The van der Waals surface area contributed by atoms with Crippen LogP contribution in [0.5, 0.6) is 0 Å². The van der Waals surface area contributed by atoms with Crippen molar-refractivity contribution >= 4 is 41.0 Å². The van der Waals surface area contributed by atoms with Crippen LogP contribution in [0.1, 0.15) is 35.6 Å². The molecule has 0 radical (unpaired) electrons. The summed E-state index contributed by atoms with van der Waals surface area (Å²) in [4.78, 5) is 13.3. The first-order valence-electron chi connectivity index (χ1n) is 11.5. The molecule has 1 amide bonds. The minimum Gasteiger partial charge on any atom is -0.334 e. The molecular weight excluding hydrogens is 557 g/mol. The van der Waals surface area contributed by atoms with Gasteiger partial charge < -0.3 is 14.4 Å². The Kier molecular flexibility index (Phi) is 10.5. The molecule has 3 aromatic rings. The second-order valence-electron chi connectivity index (χ2n) is 7.70. The van der Waals surface area contributed by atoms with Gasteiger partial charge in [-0.15, -0.1) is 0 Å². The highest BCUT2D eigenvalue weighted by Gasteiger charge is 2.38. The average molecular weight is 585 g/mol. The van der Waals surface area contributed by atoms with E-state index in [1.807, 2.05) is 0 Å². The van der Waals surface area contributed by atoms with Crippen LogP contribution in [0.25, 0.3) is 0 Å². The van der Waals surface area contributed by atoms with E-state index in [0.29, 0.717) is 17.3 Å². The first-order valence-corrected chi connectivity index (χ1v) is 15.5. The topological polar surface area (TPSA) is 111 Å². The molecule has 2 N–H and O–H groups in total. The van der Waals surface area contributed by atoms with E-state index >= 15 is 0 Å². The van der Waals surface area contributed by atoms with Crippen molar-refractivity contribution in [1.29, 1.82) is 0 Å². The minimum absolute atomic E-state index is 0.00275. The second-order valence-corrected chi connectivity index (χ2v) is 12.6. The molecule has 0 fully saturated rings. The van der Waals surface area contributed by atoms with Crippen LogP contribution in [-0.2, 0) is 23.6 Å². The Morgan fingerprint density at radius 2 is 1.58 bits per heavy atom. The van der Waals surface area contributed by atoms with E-state index < -0.39 is 35.1 Å². The van der Waals surface area contributed by atoms with Gasteiger partial charge in [-0.05, 0) is 61.9 Å². The van der Waals surface area contributed by atoms with Gasteiger partial charge in [0.05, 0.1) is 18.1 Å². The molecule has 0 aromatic heterocycles. The number of thioether (sulfide) groups is 1. The summed E-state index contributed by atoms with van der Waals surface area (Å²) in [6, 6.07) is 19.3. The van der Waals surface area contributed by atoms with Gasteiger partial charge in [-0.1, -0.05) is 48.2 Å². The number of sulfonamides is 1. The van der Waals surface area contributed by atoms with E-state index in [1.165, 1.54) is 48.5 Å². The van der Waals surface area contributed by atoms with Crippen LogP contribution < -0.4 is 10.0 Å². The van der Waals surface area contributed by atoms with Crippen LogP contribution in [0.3, 0.4) is 0 Å². The van der Waals surface area contributed by atoms with E-state index in [4.69, 9.17) is 9.05 Å². The van der Waals surface area contributed by atoms with Gasteiger partial charge in [0.15, 0.2) is 5.78 Å². The predicted octanol–water partition coefficient (Wildman–Crippen LogP) is 6.50. The zero-order chi connectivity index (χ0) is 27.8. The van der Waals surface area contributed by atoms with Crippen LogP contribution >= 0.6 is 19.4 Å². The smallest absolute Gasteiger partial charge is 0.334 e. The molecule has 0 bridgehead atoms. The molecule has 0 heterocycles. The third-order valence-electron chi connectivity index (χ3n) is 5.06. The molecule has 0 aliphatic carbocycles. The number of anilines is 1. The lowest BCUT2D eigenvalue weighted by Crippen LogP contribution is -2.30. The van der Waals surface area contributed by atoms with E-state index in [1.54, 1.807) is 44.2 Å². The van der Waals surface area contributed by atoms with Crippen LogP contribution in [0, 0.1) is 0 Å². The third-order valence-corrected chi connectivity index (χ3v) is 9.45. The second kappa shape index (κ2) is 13.3. The largest absolute Gasteiger partial charge is 0.357 e. The summed E-state index contributed by atoms with van der Waals surface area (Å²) in [6.07, 6.45) is 0. The third kappa shape index (κ3) is 7.87. The molecule has 0 spiro atoms. The summed E-state index contributed by atoms with van der Waals surface area (Å²) in [7, 11) is -7.96. The lowest BCUT2D eigenvalue weighted by Gasteiger charge is -2.27. The normalized spacial score (nSPS) is 12.8. The molecule has 8 nitrogen and oxygen atoms in total. The van der Waals surface area contributed by atoms with Gasteiger partial charge in [0.2, 0.25) is 0 Å². The minimum atomic E-state index is -4.12. The van der Waals surface area contributed by atoms with E-state index in [0.717, 1.165) is 0 Å². The summed E-state index contributed by atoms with van der Waals surface area (Å²) in [5.41, 5.74) is 0.652. The van der Waals surface area contributed by atoms with E-state index in [-0.39, 0.29) is 34.3 Å². The van der Waals surface area contributed by atoms with Crippen molar-refractivity contribution in [3.8, 4) is 0 Å². The maximum Gasteiger partial charge on any atom is 0.357 e. The summed E-state index contributed by atoms with van der Waals surface area (Å²) < 4.78 is 77.9. The van der Waals surface area contributed by atoms with Crippen LogP contribution in [0.2, 0.25) is 0 Å². The molecule has 0 aliphatic rings. The first-order chi connectivity index (χ1) is 18.1. The molecule has 204 valence electrons. The first kappa shape index (κ1) is 29.8. The number of hydrogen-bond donors (Lipinski definition) is 2. The summed E-state index contributed by atoms with van der Waals surface area (Å²) >= 11 is 0.345. The van der Waals surface area contributed by atoms with Gasteiger partial charge in [0.25, 0.3) is 21.7 Å². The predicted molar refractivity (Wildman–Crippen MR) is 143 cm³/mol. The molecule has 0 saturated heterocycles. The average Bonchev–Trinajstić information content (AvgIpc) is 2.88. The summed E-state index contributed by atoms with van der Waals surface area (Å²) in [5, 5.41) is 2.68. The number of benzene rings is 3. The number of carbonyl (C=O) groups is 1. The standard InChI is InChI=1S/C25H27F2N2O6PS2/c1-3-34-36(31,35-4-2)24(18-9-6-5-7-10-18)28-23(30)19-11-8-12-22(17-19)38(32,33)29-20-13-15-21(16-14-20)37-25(26)27/h5-17,24-25,29H,3-4H2,1-2H3,(H,28,30). The lowest BCUT2D eigenvalue weighted by molar-refractivity contribution is 0.0937. The number of amides is 1. The molecule has 3 aromatic carbocycles. The quantitative estimate of drug-likeness (QED) is 0.174. The lowest BCUT2D eigenvalue weighted by atomic mass is 10.2. The molecule has 38 heavy (non-hydrogen) atoms. The number of nitrogens with one attached hydrogen (secondary N) is 2. The molecule has 1 atom stereocenters.